The number of rotatable bonds is 2. The Morgan fingerprint density at radius 1 is 1.20 bits per heavy atom. The van der Waals surface area contributed by atoms with Crippen LogP contribution >= 0.6 is 33.2 Å². The largest absolute Gasteiger partial charge is 0.397 e. The van der Waals surface area contributed by atoms with E-state index in [1.54, 1.807) is 6.92 Å². The quantitative estimate of drug-likeness (QED) is 0.564. The predicted molar refractivity (Wildman–Crippen MR) is 51.2 cm³/mol. The van der Waals surface area contributed by atoms with Gasteiger partial charge in [-0.2, -0.15) is 0 Å². The second-order valence-corrected chi connectivity index (χ2v) is 11.0. The third kappa shape index (κ3) is 23.0. The molecule has 0 fully saturated rings. The Morgan fingerprint density at radius 2 is 1.50 bits per heavy atom. The fourth-order valence-electron chi connectivity index (χ4n) is 0.283. The summed E-state index contributed by atoms with van der Waals surface area (Å²) in [5, 5.41) is 7.57. The van der Waals surface area contributed by atoms with Gasteiger partial charge in [0.05, 0.1) is 0 Å². The molecule has 0 bridgehead atoms. The van der Waals surface area contributed by atoms with Gasteiger partial charge in [0.1, 0.15) is 0 Å². The molecule has 1 N–H and O–H groups in total. The van der Waals surface area contributed by atoms with Crippen molar-refractivity contribution in [2.45, 2.75) is 26.3 Å². The van der Waals surface area contributed by atoms with Gasteiger partial charge in [0.15, 0.2) is 0 Å². The van der Waals surface area contributed by atoms with Gasteiger partial charge in [0.25, 0.3) is 0 Å². The third-order valence-electron chi connectivity index (χ3n) is 0.533. The standard InChI is InChI=1S/C3H7Cl3Si.C2H6O/c1-2-3-7(4,5)6;1-2-3/h2-3H2,1H3;3H,2H2,1H3. The van der Waals surface area contributed by atoms with Crippen molar-refractivity contribution in [1.29, 1.82) is 0 Å². The van der Waals surface area contributed by atoms with Crippen LogP contribution in [0.3, 0.4) is 0 Å². The van der Waals surface area contributed by atoms with Crippen molar-refractivity contribution in [2.75, 3.05) is 6.61 Å². The second-order valence-electron chi connectivity index (χ2n) is 1.68. The predicted octanol–water partition coefficient (Wildman–Crippen LogP) is 3.05. The highest BCUT2D eigenvalue weighted by molar-refractivity contribution is 7.64. The first-order valence-corrected chi connectivity index (χ1v) is 8.39. The van der Waals surface area contributed by atoms with E-state index in [1.165, 1.54) is 0 Å². The molecule has 0 aromatic heterocycles. The monoisotopic (exact) mass is 222 g/mol. The molecule has 0 amide bonds. The van der Waals surface area contributed by atoms with Crippen LogP contribution in [0.25, 0.3) is 0 Å². The summed E-state index contributed by atoms with van der Waals surface area (Å²) in [6.45, 7) is 3.94. The Kier molecular flexibility index (Phi) is 11.1. The highest BCUT2D eigenvalue weighted by atomic mass is 35.8. The van der Waals surface area contributed by atoms with Gasteiger partial charge in [0, 0.05) is 6.61 Å². The zero-order valence-electron chi connectivity index (χ0n) is 6.20. The molecule has 0 aromatic rings. The minimum absolute atomic E-state index is 0.250. The zero-order chi connectivity index (χ0) is 8.62. The summed E-state index contributed by atoms with van der Waals surface area (Å²) in [6.07, 6.45) is 0.975. The van der Waals surface area contributed by atoms with Crippen molar-refractivity contribution in [3.05, 3.63) is 0 Å². The highest BCUT2D eigenvalue weighted by Gasteiger charge is 2.22. The lowest BCUT2D eigenvalue weighted by Gasteiger charge is -2.01. The van der Waals surface area contributed by atoms with E-state index in [0.717, 1.165) is 12.5 Å². The molecular formula is C5H13Cl3OSi. The van der Waals surface area contributed by atoms with Crippen LogP contribution in [0.1, 0.15) is 20.3 Å². The van der Waals surface area contributed by atoms with E-state index < -0.39 is 6.00 Å². The molecule has 0 radical (unpaired) electrons. The highest BCUT2D eigenvalue weighted by Crippen LogP contribution is 2.25. The maximum Gasteiger partial charge on any atom is 0.341 e. The molecule has 0 aliphatic heterocycles. The SMILES string of the molecule is CCC[Si](Cl)(Cl)Cl.CCO. The normalized spacial score (nSPS) is 10.2. The van der Waals surface area contributed by atoms with Crippen molar-refractivity contribution in [3.63, 3.8) is 0 Å². The average molecular weight is 224 g/mol. The van der Waals surface area contributed by atoms with E-state index in [0.29, 0.717) is 0 Å². The summed E-state index contributed by atoms with van der Waals surface area (Å²) in [5.74, 6) is 0. The summed E-state index contributed by atoms with van der Waals surface area (Å²) < 4.78 is 0. The van der Waals surface area contributed by atoms with Gasteiger partial charge >= 0.3 is 6.00 Å². The van der Waals surface area contributed by atoms with Gasteiger partial charge in [-0.3, -0.25) is 0 Å². The first-order chi connectivity index (χ1) is 4.47. The van der Waals surface area contributed by atoms with E-state index in [2.05, 4.69) is 0 Å². The molecule has 0 saturated carbocycles. The van der Waals surface area contributed by atoms with Crippen LogP contribution < -0.4 is 0 Å². The molecule has 0 atom stereocenters. The maximum absolute atomic E-state index is 7.57. The molecule has 0 unspecified atom stereocenters. The van der Waals surface area contributed by atoms with Gasteiger partial charge in [-0.15, -0.1) is 33.2 Å². The maximum atomic E-state index is 7.57. The van der Waals surface area contributed by atoms with Crippen molar-refractivity contribution in [2.24, 2.45) is 0 Å². The lowest BCUT2D eigenvalue weighted by Crippen LogP contribution is -2.06. The Morgan fingerprint density at radius 3 is 1.50 bits per heavy atom. The summed E-state index contributed by atoms with van der Waals surface area (Å²) in [7, 11) is 0. The average Bonchev–Trinajstić information content (AvgIpc) is 1.63. The lowest BCUT2D eigenvalue weighted by molar-refractivity contribution is 0.318. The van der Waals surface area contributed by atoms with Gasteiger partial charge in [-0.1, -0.05) is 13.3 Å². The van der Waals surface area contributed by atoms with Crippen molar-refractivity contribution in [1.82, 2.24) is 0 Å². The molecule has 0 aliphatic carbocycles. The molecule has 0 rings (SSSR count). The molecule has 0 spiro atoms. The molecule has 64 valence electrons. The van der Waals surface area contributed by atoms with Crippen LogP contribution in [0, 0.1) is 0 Å². The number of hydrogen-bond acceptors (Lipinski definition) is 1. The Hall–Kier alpha value is 1.05. The molecule has 0 aromatic carbocycles. The first kappa shape index (κ1) is 13.6. The van der Waals surface area contributed by atoms with Crippen LogP contribution in [0.5, 0.6) is 0 Å². The summed E-state index contributed by atoms with van der Waals surface area (Å²) in [4.78, 5) is 0. The van der Waals surface area contributed by atoms with E-state index in [-0.39, 0.29) is 6.61 Å². The Labute approximate surface area is 77.4 Å². The summed E-state index contributed by atoms with van der Waals surface area (Å²) >= 11 is 16.5. The van der Waals surface area contributed by atoms with Crippen LogP contribution in [0.4, 0.5) is 0 Å². The number of hydrogen-bond donors (Lipinski definition) is 1. The third-order valence-corrected chi connectivity index (χ3v) is 3.30. The van der Waals surface area contributed by atoms with Crippen LogP contribution in [-0.4, -0.2) is 17.7 Å². The molecule has 0 saturated heterocycles. The van der Waals surface area contributed by atoms with Crippen molar-refractivity contribution >= 4 is 39.2 Å². The smallest absolute Gasteiger partial charge is 0.341 e. The second kappa shape index (κ2) is 8.15. The van der Waals surface area contributed by atoms with E-state index in [4.69, 9.17) is 38.3 Å². The van der Waals surface area contributed by atoms with Crippen molar-refractivity contribution in [3.8, 4) is 0 Å². The van der Waals surface area contributed by atoms with Gasteiger partial charge in [0.2, 0.25) is 0 Å². The fraction of sp³-hybridized carbons (Fsp3) is 1.00. The van der Waals surface area contributed by atoms with Gasteiger partial charge in [-0.05, 0) is 13.0 Å². The van der Waals surface area contributed by atoms with Crippen LogP contribution in [0.15, 0.2) is 0 Å². The molecule has 1 nitrogen and oxygen atoms in total. The Bertz CT molecular complexity index is 64.4. The first-order valence-electron chi connectivity index (χ1n) is 3.15. The molecule has 0 heterocycles. The molecule has 5 heteroatoms. The molecule has 0 aliphatic rings. The zero-order valence-corrected chi connectivity index (χ0v) is 9.47. The molecule has 10 heavy (non-hydrogen) atoms. The summed E-state index contributed by atoms with van der Waals surface area (Å²) in [5.41, 5.74) is 0. The summed E-state index contributed by atoms with van der Waals surface area (Å²) in [6, 6.07) is -1.47. The number of aliphatic hydroxyl groups is 1. The minimum Gasteiger partial charge on any atom is -0.397 e. The lowest BCUT2D eigenvalue weighted by atomic mass is 10.6. The van der Waals surface area contributed by atoms with Crippen LogP contribution in [-0.2, 0) is 0 Å². The fourth-order valence-corrected chi connectivity index (χ4v) is 2.55. The van der Waals surface area contributed by atoms with Gasteiger partial charge in [-0.25, -0.2) is 0 Å². The Balaban J connectivity index is 0. The van der Waals surface area contributed by atoms with Crippen LogP contribution in [0.2, 0.25) is 6.04 Å². The number of aliphatic hydroxyl groups excluding tert-OH is 1. The van der Waals surface area contributed by atoms with Gasteiger partial charge < -0.3 is 5.11 Å². The van der Waals surface area contributed by atoms with E-state index in [1.807, 2.05) is 6.92 Å². The van der Waals surface area contributed by atoms with E-state index >= 15 is 0 Å². The molecular weight excluding hydrogens is 210 g/mol. The minimum atomic E-state index is -2.24. The topological polar surface area (TPSA) is 20.2 Å². The van der Waals surface area contributed by atoms with E-state index in [9.17, 15) is 0 Å². The number of halogens is 3. The van der Waals surface area contributed by atoms with Crippen molar-refractivity contribution < 1.29 is 5.11 Å².